The number of thiophene rings is 1. The minimum Gasteiger partial charge on any atom is -0.456 e. The van der Waals surface area contributed by atoms with E-state index in [1.54, 1.807) is 0 Å². The van der Waals surface area contributed by atoms with E-state index in [-0.39, 0.29) is 5.92 Å². The molecule has 0 saturated carbocycles. The second-order valence-corrected chi connectivity index (χ2v) is 20.0. The zero-order chi connectivity index (χ0) is 46.7. The molecule has 0 aliphatic carbocycles. The maximum absolute atomic E-state index is 6.71. The van der Waals surface area contributed by atoms with Gasteiger partial charge in [0, 0.05) is 81.3 Å². The molecule has 334 valence electrons. The fourth-order valence-electron chi connectivity index (χ4n) is 11.4. The average molecular weight is 927 g/mol. The number of nitrogens with zero attached hydrogens (tertiary/aromatic N) is 4. The van der Waals surface area contributed by atoms with E-state index in [1.807, 2.05) is 17.4 Å². The molecule has 1 atom stereocenters. The second kappa shape index (κ2) is 15.6. The van der Waals surface area contributed by atoms with Crippen molar-refractivity contribution in [3.8, 4) is 11.4 Å². The van der Waals surface area contributed by atoms with Crippen LogP contribution in [0.1, 0.15) is 30.0 Å². The van der Waals surface area contributed by atoms with Gasteiger partial charge < -0.3 is 13.6 Å². The van der Waals surface area contributed by atoms with E-state index in [1.165, 1.54) is 58.0 Å². The van der Waals surface area contributed by atoms with Gasteiger partial charge >= 0.3 is 0 Å². The third-order valence-corrected chi connectivity index (χ3v) is 15.9. The van der Waals surface area contributed by atoms with E-state index in [9.17, 15) is 0 Å². The molecule has 0 saturated heterocycles. The molecule has 71 heavy (non-hydrogen) atoms. The fourth-order valence-corrected chi connectivity index (χ4v) is 12.5. The van der Waals surface area contributed by atoms with Crippen molar-refractivity contribution < 1.29 is 4.42 Å². The van der Waals surface area contributed by atoms with Crippen LogP contribution >= 0.6 is 11.3 Å². The molecular weight excluding hydrogens is 885 g/mol. The SMILES string of the molecule is CC1C/C=C(c2cc3c(cc2-n2c4ccccc4c4cc5ccccc5cc42)oc2ccccc23)/N=C(c2ccc3sc4ccccc4c3c2)\N=C/1c1ccc2c3ccccc3n(-c3ccccc3)c2c1. The monoisotopic (exact) mass is 926 g/mol. The van der Waals surface area contributed by atoms with Crippen molar-refractivity contribution in [2.75, 3.05) is 0 Å². The van der Waals surface area contributed by atoms with Crippen molar-refractivity contribution >= 4 is 125 Å². The number of hydrogen-bond donors (Lipinski definition) is 0. The summed E-state index contributed by atoms with van der Waals surface area (Å²) in [5, 5.41) is 11.8. The molecule has 1 aliphatic heterocycles. The minimum absolute atomic E-state index is 0.0368. The third-order valence-electron chi connectivity index (χ3n) is 14.8. The molecule has 0 fully saturated rings. The highest BCUT2D eigenvalue weighted by Crippen LogP contribution is 2.43. The Hall–Kier alpha value is -8.84. The van der Waals surface area contributed by atoms with Gasteiger partial charge in [-0.3, -0.25) is 0 Å². The van der Waals surface area contributed by atoms with E-state index in [2.05, 4.69) is 228 Å². The van der Waals surface area contributed by atoms with E-state index in [0.29, 0.717) is 5.84 Å². The zero-order valence-electron chi connectivity index (χ0n) is 38.7. The van der Waals surface area contributed by atoms with Crippen LogP contribution in [0.3, 0.4) is 0 Å². The summed E-state index contributed by atoms with van der Waals surface area (Å²) < 4.78 is 14.0. The first-order chi connectivity index (χ1) is 35.1. The number of fused-ring (bicyclic) bond motifs is 13. The number of para-hydroxylation sites is 4. The molecular formula is C65H42N4OS. The first kappa shape index (κ1) is 40.1. The molecule has 4 aromatic heterocycles. The number of rotatable bonds is 5. The summed E-state index contributed by atoms with van der Waals surface area (Å²) in [5.41, 5.74) is 13.4. The molecule has 10 aromatic carbocycles. The van der Waals surface area contributed by atoms with Gasteiger partial charge in [-0.15, -0.1) is 11.3 Å². The van der Waals surface area contributed by atoms with Crippen LogP contribution in [0.15, 0.2) is 233 Å². The summed E-state index contributed by atoms with van der Waals surface area (Å²) in [7, 11) is 0. The van der Waals surface area contributed by atoms with Gasteiger partial charge in [-0.25, -0.2) is 9.98 Å². The predicted molar refractivity (Wildman–Crippen MR) is 301 cm³/mol. The number of furan rings is 1. The average Bonchev–Trinajstić information content (AvgIpc) is 4.16. The predicted octanol–water partition coefficient (Wildman–Crippen LogP) is 17.6. The molecule has 6 heteroatoms. The number of amidine groups is 1. The topological polar surface area (TPSA) is 47.7 Å². The first-order valence-electron chi connectivity index (χ1n) is 24.4. The summed E-state index contributed by atoms with van der Waals surface area (Å²) in [4.78, 5) is 11.6. The summed E-state index contributed by atoms with van der Waals surface area (Å²) in [5.74, 6) is 0.713. The van der Waals surface area contributed by atoms with Crippen LogP contribution in [0.2, 0.25) is 0 Å². The highest BCUT2D eigenvalue weighted by atomic mass is 32.1. The summed E-state index contributed by atoms with van der Waals surface area (Å²) in [6, 6.07) is 76.8. The summed E-state index contributed by atoms with van der Waals surface area (Å²) in [6.07, 6.45) is 3.08. The van der Waals surface area contributed by atoms with Crippen molar-refractivity contribution in [2.45, 2.75) is 13.3 Å². The van der Waals surface area contributed by atoms with Crippen LogP contribution in [0.5, 0.6) is 0 Å². The van der Waals surface area contributed by atoms with Crippen LogP contribution in [0.4, 0.5) is 0 Å². The first-order valence-corrected chi connectivity index (χ1v) is 25.2. The molecule has 15 rings (SSSR count). The number of allylic oxidation sites excluding steroid dienone is 1. The van der Waals surface area contributed by atoms with Crippen LogP contribution in [0.25, 0.3) is 114 Å². The lowest BCUT2D eigenvalue weighted by atomic mass is 9.92. The molecule has 0 spiro atoms. The largest absolute Gasteiger partial charge is 0.456 e. The lowest BCUT2D eigenvalue weighted by molar-refractivity contribution is 0.668. The smallest absolute Gasteiger partial charge is 0.160 e. The van der Waals surface area contributed by atoms with Gasteiger partial charge in [-0.05, 0) is 102 Å². The van der Waals surface area contributed by atoms with Crippen molar-refractivity contribution in [1.82, 2.24) is 9.13 Å². The van der Waals surface area contributed by atoms with E-state index < -0.39 is 0 Å². The van der Waals surface area contributed by atoms with Gasteiger partial charge in [0.15, 0.2) is 5.84 Å². The Labute approximate surface area is 412 Å². The van der Waals surface area contributed by atoms with Gasteiger partial charge in [0.05, 0.1) is 39.2 Å². The molecule has 5 heterocycles. The Morgan fingerprint density at radius 3 is 1.94 bits per heavy atom. The van der Waals surface area contributed by atoms with Gasteiger partial charge in [0.1, 0.15) is 11.2 Å². The highest BCUT2D eigenvalue weighted by Gasteiger charge is 2.25. The molecule has 0 bridgehead atoms. The number of aliphatic imine (C=N–C) groups is 2. The Balaban J connectivity index is 1.00. The Morgan fingerprint density at radius 1 is 0.451 bits per heavy atom. The van der Waals surface area contributed by atoms with E-state index in [0.717, 1.165) is 84.4 Å². The molecule has 0 N–H and O–H groups in total. The van der Waals surface area contributed by atoms with Crippen molar-refractivity contribution in [2.24, 2.45) is 15.9 Å². The molecule has 1 unspecified atom stereocenters. The Kier molecular flexibility index (Phi) is 8.80. The second-order valence-electron chi connectivity index (χ2n) is 18.9. The zero-order valence-corrected chi connectivity index (χ0v) is 39.5. The molecule has 0 amide bonds. The molecule has 5 nitrogen and oxygen atoms in total. The fraction of sp³-hybridized carbons (Fsp3) is 0.0462. The van der Waals surface area contributed by atoms with Gasteiger partial charge in [-0.2, -0.15) is 0 Å². The Morgan fingerprint density at radius 2 is 1.10 bits per heavy atom. The van der Waals surface area contributed by atoms with Gasteiger partial charge in [0.2, 0.25) is 0 Å². The van der Waals surface area contributed by atoms with E-state index >= 15 is 0 Å². The van der Waals surface area contributed by atoms with Crippen molar-refractivity contribution in [3.05, 3.63) is 235 Å². The molecule has 0 radical (unpaired) electrons. The van der Waals surface area contributed by atoms with E-state index in [4.69, 9.17) is 14.4 Å². The minimum atomic E-state index is 0.0368. The van der Waals surface area contributed by atoms with Crippen molar-refractivity contribution in [3.63, 3.8) is 0 Å². The van der Waals surface area contributed by atoms with Crippen LogP contribution in [-0.2, 0) is 0 Å². The van der Waals surface area contributed by atoms with Crippen LogP contribution < -0.4 is 0 Å². The third kappa shape index (κ3) is 6.24. The quantitative estimate of drug-likeness (QED) is 0.170. The molecule has 14 aromatic rings. The normalized spacial score (nSPS) is 16.8. The lowest BCUT2D eigenvalue weighted by Crippen LogP contribution is -2.17. The molecule has 1 aliphatic rings. The summed E-state index contributed by atoms with van der Waals surface area (Å²) >= 11 is 1.83. The van der Waals surface area contributed by atoms with Crippen LogP contribution in [-0.4, -0.2) is 20.7 Å². The van der Waals surface area contributed by atoms with Crippen molar-refractivity contribution in [1.29, 1.82) is 0 Å². The number of hydrogen-bond acceptors (Lipinski definition) is 4. The maximum atomic E-state index is 6.71. The summed E-state index contributed by atoms with van der Waals surface area (Å²) in [6.45, 7) is 2.31. The number of aromatic nitrogens is 2. The number of benzene rings is 10. The van der Waals surface area contributed by atoms with Gasteiger partial charge in [-0.1, -0.05) is 140 Å². The van der Waals surface area contributed by atoms with Crippen LogP contribution in [0, 0.1) is 5.92 Å². The standard InChI is InChI=1S/C65H42N4OS/c1-39-27-31-54(53-37-51-48-21-9-13-25-60(48)70-61(51)38-59(53)69-56-24-12-8-20-46(56)50-33-40-15-5-6-16-41(40)35-58(50)69)66-65(43-29-32-63-52(34-43)49-22-10-14-26-62(49)71-63)67-64(39)42-28-30-47-45-19-7-11-23-55(45)68(57(47)36-42)44-17-3-2-4-18-44/h2-26,28-39H,27H2,1H3/b54-31+,66-65-,67-64+. The Bertz CT molecular complexity index is 4630. The lowest BCUT2D eigenvalue weighted by Gasteiger charge is -2.20. The highest BCUT2D eigenvalue weighted by molar-refractivity contribution is 7.25. The van der Waals surface area contributed by atoms with Gasteiger partial charge in [0.25, 0.3) is 0 Å². The maximum Gasteiger partial charge on any atom is 0.160 e.